The van der Waals surface area contributed by atoms with Crippen molar-refractivity contribution in [2.75, 3.05) is 5.32 Å². The summed E-state index contributed by atoms with van der Waals surface area (Å²) < 4.78 is 43.5. The molecule has 162 valence electrons. The second kappa shape index (κ2) is 7.85. The Morgan fingerprint density at radius 3 is 2.62 bits per heavy atom. The number of halogens is 3. The maximum Gasteiger partial charge on any atom is 0.395 e. The second-order valence-electron chi connectivity index (χ2n) is 7.30. The van der Waals surface area contributed by atoms with E-state index < -0.39 is 18.0 Å². The highest BCUT2D eigenvalue weighted by Crippen LogP contribution is 2.38. The first-order valence-electron chi connectivity index (χ1n) is 9.57. The molecule has 0 saturated heterocycles. The van der Waals surface area contributed by atoms with E-state index in [-0.39, 0.29) is 16.7 Å². The van der Waals surface area contributed by atoms with Crippen LogP contribution in [-0.4, -0.2) is 31.6 Å². The average Bonchev–Trinajstić information content (AvgIpc) is 3.37. The van der Waals surface area contributed by atoms with Crippen LogP contribution in [0.5, 0.6) is 0 Å². The van der Waals surface area contributed by atoms with Crippen molar-refractivity contribution in [1.82, 2.24) is 19.6 Å². The van der Waals surface area contributed by atoms with Crippen molar-refractivity contribution < 1.29 is 18.0 Å². The van der Waals surface area contributed by atoms with Gasteiger partial charge in [0.05, 0.1) is 41.7 Å². The Morgan fingerprint density at radius 1 is 1.19 bits per heavy atom. The summed E-state index contributed by atoms with van der Waals surface area (Å²) in [5.41, 5.74) is 1.05. The zero-order valence-corrected chi connectivity index (χ0v) is 17.1. The zero-order valence-electron chi connectivity index (χ0n) is 17.1. The van der Waals surface area contributed by atoms with Gasteiger partial charge in [0, 0.05) is 23.7 Å². The minimum absolute atomic E-state index is 0.187. The number of amides is 1. The predicted octanol–water partition coefficient (Wildman–Crippen LogP) is 4.55. The lowest BCUT2D eigenvalue weighted by atomic mass is 9.90. The summed E-state index contributed by atoms with van der Waals surface area (Å²) in [6, 6.07) is 10.8. The maximum absolute atomic E-state index is 13.4. The number of hydrogen-bond acceptors (Lipinski definition) is 4. The molecule has 4 aromatic rings. The minimum atomic E-state index is -4.60. The highest BCUT2D eigenvalue weighted by atomic mass is 19.4. The number of alkyl halides is 3. The van der Waals surface area contributed by atoms with Gasteiger partial charge in [0.2, 0.25) is 0 Å². The summed E-state index contributed by atoms with van der Waals surface area (Å²) in [5, 5.41) is 21.2. The van der Waals surface area contributed by atoms with E-state index in [1.54, 1.807) is 59.3 Å². The van der Waals surface area contributed by atoms with Crippen LogP contribution < -0.4 is 5.32 Å². The Balaban J connectivity index is 1.71. The van der Waals surface area contributed by atoms with E-state index in [0.717, 1.165) is 12.3 Å². The summed E-state index contributed by atoms with van der Waals surface area (Å²) in [7, 11) is 1.77. The van der Waals surface area contributed by atoms with Crippen LogP contribution in [0.2, 0.25) is 0 Å². The van der Waals surface area contributed by atoms with Gasteiger partial charge in [-0.25, -0.2) is 4.68 Å². The summed E-state index contributed by atoms with van der Waals surface area (Å²) in [5.74, 6) is -2.71. The van der Waals surface area contributed by atoms with E-state index in [1.165, 1.54) is 18.2 Å². The number of anilines is 1. The third-order valence-electron chi connectivity index (χ3n) is 5.16. The molecule has 7 nitrogen and oxygen atoms in total. The van der Waals surface area contributed by atoms with Crippen LogP contribution in [0.1, 0.15) is 34.3 Å². The molecule has 2 aromatic carbocycles. The monoisotopic (exact) mass is 438 g/mol. The Morgan fingerprint density at radius 2 is 1.97 bits per heavy atom. The quantitative estimate of drug-likeness (QED) is 0.506. The van der Waals surface area contributed by atoms with E-state index in [4.69, 9.17) is 0 Å². The van der Waals surface area contributed by atoms with E-state index in [2.05, 4.69) is 15.5 Å². The van der Waals surface area contributed by atoms with Gasteiger partial charge >= 0.3 is 6.18 Å². The van der Waals surface area contributed by atoms with Crippen molar-refractivity contribution >= 4 is 22.5 Å². The molecule has 1 amide bonds. The molecule has 0 aliphatic heterocycles. The van der Waals surface area contributed by atoms with E-state index in [0.29, 0.717) is 16.9 Å². The lowest BCUT2D eigenvalue weighted by Gasteiger charge is -2.20. The highest BCUT2D eigenvalue weighted by Gasteiger charge is 2.40. The Hall–Kier alpha value is -4.13. The molecule has 1 N–H and O–H groups in total. The summed E-state index contributed by atoms with van der Waals surface area (Å²) in [6.45, 7) is 0.936. The van der Waals surface area contributed by atoms with Gasteiger partial charge in [0.15, 0.2) is 0 Å². The molecule has 32 heavy (non-hydrogen) atoms. The average molecular weight is 438 g/mol. The van der Waals surface area contributed by atoms with Crippen LogP contribution in [0.3, 0.4) is 0 Å². The number of carbonyl (C=O) groups excluding carboxylic acids is 1. The third-order valence-corrected chi connectivity index (χ3v) is 5.16. The van der Waals surface area contributed by atoms with E-state index in [1.807, 2.05) is 0 Å². The van der Waals surface area contributed by atoms with Gasteiger partial charge in [-0.2, -0.15) is 28.6 Å². The number of nitriles is 1. The van der Waals surface area contributed by atoms with Crippen molar-refractivity contribution in [3.8, 4) is 11.8 Å². The first-order chi connectivity index (χ1) is 15.2. The number of nitrogens with zero attached hydrogens (tertiary/aromatic N) is 5. The van der Waals surface area contributed by atoms with Gasteiger partial charge in [0.25, 0.3) is 5.91 Å². The maximum atomic E-state index is 13.4. The lowest BCUT2D eigenvalue weighted by Crippen LogP contribution is -2.23. The van der Waals surface area contributed by atoms with Crippen LogP contribution in [0.15, 0.2) is 55.0 Å². The van der Waals surface area contributed by atoms with Crippen LogP contribution in [0, 0.1) is 11.3 Å². The highest BCUT2D eigenvalue weighted by molar-refractivity contribution is 6.06. The summed E-state index contributed by atoms with van der Waals surface area (Å²) in [6.07, 6.45) is 0.469. The van der Waals surface area contributed by atoms with Crippen LogP contribution in [0.4, 0.5) is 18.9 Å². The number of benzene rings is 2. The second-order valence-corrected chi connectivity index (χ2v) is 7.30. The fourth-order valence-corrected chi connectivity index (χ4v) is 3.51. The smallest absolute Gasteiger partial charge is 0.322 e. The number of rotatable bonds is 4. The fraction of sp³-hybridized carbons (Fsp3) is 0.182. The van der Waals surface area contributed by atoms with Crippen LogP contribution in [0.25, 0.3) is 16.6 Å². The summed E-state index contributed by atoms with van der Waals surface area (Å²) in [4.78, 5) is 12.9. The molecule has 0 fully saturated rings. The standard InChI is InChI=1S/C22H17F3N6O/c1-13(22(23,24)25)20-14(9-26)4-3-5-18(20)21(32)29-16-7-6-15-10-28-31(19(15)8-16)17-11-27-30(2)12-17/h3-8,10-13H,1-2H3,(H,29,32)/t13-/m0/s1. The van der Waals surface area contributed by atoms with Crippen molar-refractivity contribution in [2.45, 2.75) is 19.0 Å². The topological polar surface area (TPSA) is 88.5 Å². The Bertz CT molecular complexity index is 1360. The summed E-state index contributed by atoms with van der Waals surface area (Å²) >= 11 is 0. The number of aryl methyl sites for hydroxylation is 1. The zero-order chi connectivity index (χ0) is 23.0. The number of nitrogens with one attached hydrogen (secondary N) is 1. The van der Waals surface area contributed by atoms with Gasteiger partial charge in [0.1, 0.15) is 5.69 Å². The van der Waals surface area contributed by atoms with Crippen molar-refractivity contribution in [1.29, 1.82) is 5.26 Å². The molecule has 0 aliphatic carbocycles. The molecule has 2 aromatic heterocycles. The molecular formula is C22H17F3N6O. The molecule has 0 unspecified atom stereocenters. The SMILES string of the molecule is C[C@@H](c1c(C#N)cccc1C(=O)Nc1ccc2cnn(-c3cnn(C)c3)c2c1)C(F)(F)F. The van der Waals surface area contributed by atoms with Gasteiger partial charge in [-0.05, 0) is 42.8 Å². The first kappa shape index (κ1) is 21.1. The minimum Gasteiger partial charge on any atom is -0.322 e. The van der Waals surface area contributed by atoms with Gasteiger partial charge in [-0.3, -0.25) is 9.48 Å². The van der Waals surface area contributed by atoms with Crippen LogP contribution >= 0.6 is 0 Å². The molecule has 0 saturated carbocycles. The molecule has 0 bridgehead atoms. The number of fused-ring (bicyclic) bond motifs is 1. The molecule has 0 radical (unpaired) electrons. The molecule has 10 heteroatoms. The van der Waals surface area contributed by atoms with Gasteiger partial charge in [-0.1, -0.05) is 6.07 Å². The van der Waals surface area contributed by atoms with Crippen molar-refractivity contribution in [3.63, 3.8) is 0 Å². The molecule has 0 spiro atoms. The third kappa shape index (κ3) is 3.80. The fourth-order valence-electron chi connectivity index (χ4n) is 3.51. The largest absolute Gasteiger partial charge is 0.395 e. The Labute approximate surface area is 180 Å². The first-order valence-corrected chi connectivity index (χ1v) is 9.57. The molecule has 0 aliphatic rings. The van der Waals surface area contributed by atoms with Gasteiger partial charge < -0.3 is 5.32 Å². The normalized spacial score (nSPS) is 12.5. The Kier molecular flexibility index (Phi) is 5.18. The van der Waals surface area contributed by atoms with Crippen molar-refractivity contribution in [2.24, 2.45) is 7.05 Å². The molecule has 1 atom stereocenters. The van der Waals surface area contributed by atoms with Gasteiger partial charge in [-0.15, -0.1) is 0 Å². The van der Waals surface area contributed by atoms with E-state index in [9.17, 15) is 23.2 Å². The van der Waals surface area contributed by atoms with E-state index >= 15 is 0 Å². The lowest BCUT2D eigenvalue weighted by molar-refractivity contribution is -0.146. The molecule has 2 heterocycles. The van der Waals surface area contributed by atoms with Crippen LogP contribution in [-0.2, 0) is 7.05 Å². The van der Waals surface area contributed by atoms with Crippen molar-refractivity contribution in [3.05, 3.63) is 71.7 Å². The molecule has 4 rings (SSSR count). The number of aromatic nitrogens is 4. The number of hydrogen-bond donors (Lipinski definition) is 1. The number of carbonyl (C=O) groups is 1. The molecular weight excluding hydrogens is 421 g/mol. The predicted molar refractivity (Wildman–Crippen MR) is 111 cm³/mol.